The standard InChI is InChI=1S/C21H19N3O4S/c25-17-11-16(18-12-27-20(17)28-18)24-21(29)23(14-7-3-1-4-8-14)19(22-24)13-26-15-9-5-2-6-10-15/h1-10,16,18,20H,11-13H2/t16-,18-,20-/m0/s1. The molecule has 8 heteroatoms. The van der Waals surface area contributed by atoms with Crippen molar-refractivity contribution in [3.63, 3.8) is 0 Å². The van der Waals surface area contributed by atoms with Crippen molar-refractivity contribution in [2.75, 3.05) is 6.61 Å². The predicted octanol–water partition coefficient (Wildman–Crippen LogP) is 3.24. The summed E-state index contributed by atoms with van der Waals surface area (Å²) in [5, 5.41) is 4.74. The SMILES string of the molecule is O=C1C[C@H](n2nc(COc3ccccc3)n(-c3ccccc3)c2=S)[C@@H]2CO[C@H]1O2. The number of ether oxygens (including phenoxy) is 3. The van der Waals surface area contributed by atoms with Crippen LogP contribution in [0.15, 0.2) is 60.7 Å². The maximum atomic E-state index is 12.3. The molecule has 5 rings (SSSR count). The summed E-state index contributed by atoms with van der Waals surface area (Å²) in [6.45, 7) is 0.595. The summed E-state index contributed by atoms with van der Waals surface area (Å²) in [7, 11) is 0. The second-order valence-corrected chi connectivity index (χ2v) is 7.36. The Morgan fingerprint density at radius 1 is 1.10 bits per heavy atom. The van der Waals surface area contributed by atoms with Crippen molar-refractivity contribution in [1.29, 1.82) is 0 Å². The van der Waals surface area contributed by atoms with Crippen LogP contribution >= 0.6 is 12.2 Å². The molecule has 2 saturated heterocycles. The molecule has 2 aliphatic heterocycles. The maximum Gasteiger partial charge on any atom is 0.218 e. The van der Waals surface area contributed by atoms with Gasteiger partial charge in [0.15, 0.2) is 11.6 Å². The molecule has 7 nitrogen and oxygen atoms in total. The zero-order chi connectivity index (χ0) is 19.8. The molecule has 1 aromatic heterocycles. The number of hydrogen-bond donors (Lipinski definition) is 0. The summed E-state index contributed by atoms with van der Waals surface area (Å²) >= 11 is 5.76. The molecule has 0 aliphatic carbocycles. The van der Waals surface area contributed by atoms with Gasteiger partial charge in [0.2, 0.25) is 11.1 Å². The van der Waals surface area contributed by atoms with Crippen LogP contribution in [-0.2, 0) is 20.9 Å². The monoisotopic (exact) mass is 409 g/mol. The van der Waals surface area contributed by atoms with Gasteiger partial charge in [-0.25, -0.2) is 4.68 Å². The second kappa shape index (κ2) is 7.55. The third-order valence-electron chi connectivity index (χ3n) is 5.12. The van der Waals surface area contributed by atoms with Gasteiger partial charge in [-0.2, -0.15) is 5.10 Å². The number of ketones is 1. The molecule has 3 heterocycles. The molecule has 2 aromatic carbocycles. The van der Waals surface area contributed by atoms with Gasteiger partial charge in [0, 0.05) is 12.1 Å². The van der Waals surface area contributed by atoms with E-state index in [2.05, 4.69) is 0 Å². The first-order chi connectivity index (χ1) is 14.2. The number of aromatic nitrogens is 3. The van der Waals surface area contributed by atoms with Crippen LogP contribution in [0.2, 0.25) is 0 Å². The van der Waals surface area contributed by atoms with Crippen LogP contribution < -0.4 is 4.74 Å². The van der Waals surface area contributed by atoms with E-state index in [1.165, 1.54) is 0 Å². The van der Waals surface area contributed by atoms with E-state index in [9.17, 15) is 4.79 Å². The number of rotatable bonds is 5. The van der Waals surface area contributed by atoms with E-state index < -0.39 is 6.29 Å². The van der Waals surface area contributed by atoms with Crippen LogP contribution in [0.4, 0.5) is 0 Å². The average molecular weight is 409 g/mol. The van der Waals surface area contributed by atoms with Crippen molar-refractivity contribution >= 4 is 18.0 Å². The average Bonchev–Trinajstić information content (AvgIpc) is 3.33. The molecular weight excluding hydrogens is 390 g/mol. The second-order valence-electron chi connectivity index (χ2n) is 6.99. The Balaban J connectivity index is 1.53. The molecule has 0 spiro atoms. The molecule has 2 aliphatic rings. The van der Waals surface area contributed by atoms with Gasteiger partial charge in [-0.3, -0.25) is 9.36 Å². The van der Waals surface area contributed by atoms with Crippen LogP contribution in [-0.4, -0.2) is 39.1 Å². The molecule has 148 valence electrons. The summed E-state index contributed by atoms with van der Waals surface area (Å²) in [5.74, 6) is 1.32. The molecule has 3 aromatic rings. The summed E-state index contributed by atoms with van der Waals surface area (Å²) in [5.41, 5.74) is 0.888. The maximum absolute atomic E-state index is 12.3. The van der Waals surface area contributed by atoms with Crippen molar-refractivity contribution in [2.45, 2.75) is 31.5 Å². The van der Waals surface area contributed by atoms with Crippen LogP contribution in [0.3, 0.4) is 0 Å². The van der Waals surface area contributed by atoms with E-state index in [1.54, 1.807) is 4.68 Å². The topological polar surface area (TPSA) is 67.5 Å². The third-order valence-corrected chi connectivity index (χ3v) is 5.49. The van der Waals surface area contributed by atoms with Crippen LogP contribution in [0.1, 0.15) is 18.3 Å². The highest BCUT2D eigenvalue weighted by atomic mass is 32.1. The molecule has 0 unspecified atom stereocenters. The van der Waals surface area contributed by atoms with Crippen molar-refractivity contribution in [1.82, 2.24) is 14.3 Å². The number of Topliss-reactive ketones (excluding diaryl/α,β-unsaturated/α-hetero) is 1. The van der Waals surface area contributed by atoms with Gasteiger partial charge in [0.25, 0.3) is 0 Å². The zero-order valence-electron chi connectivity index (χ0n) is 15.5. The van der Waals surface area contributed by atoms with Crippen LogP contribution in [0.25, 0.3) is 5.69 Å². The van der Waals surface area contributed by atoms with E-state index in [0.717, 1.165) is 11.4 Å². The Hall–Kier alpha value is -2.81. The van der Waals surface area contributed by atoms with E-state index in [-0.39, 0.29) is 31.0 Å². The lowest BCUT2D eigenvalue weighted by molar-refractivity contribution is -0.156. The van der Waals surface area contributed by atoms with Gasteiger partial charge >= 0.3 is 0 Å². The van der Waals surface area contributed by atoms with Crippen molar-refractivity contribution in [2.24, 2.45) is 0 Å². The molecule has 0 radical (unpaired) electrons. The zero-order valence-corrected chi connectivity index (χ0v) is 16.3. The molecule has 0 amide bonds. The number of fused-ring (bicyclic) bond motifs is 2. The van der Waals surface area contributed by atoms with Crippen molar-refractivity contribution in [3.05, 3.63) is 71.3 Å². The minimum Gasteiger partial charge on any atom is -0.486 e. The fourth-order valence-corrected chi connectivity index (χ4v) is 4.09. The minimum absolute atomic E-state index is 0.0815. The number of nitrogens with zero attached hydrogens (tertiary/aromatic N) is 3. The normalized spacial score (nSPS) is 23.3. The van der Waals surface area contributed by atoms with Gasteiger partial charge in [0.1, 0.15) is 18.5 Å². The van der Waals surface area contributed by atoms with E-state index in [0.29, 0.717) is 17.2 Å². The summed E-state index contributed by atoms with van der Waals surface area (Å²) in [6.07, 6.45) is -0.706. The van der Waals surface area contributed by atoms with Crippen LogP contribution in [0.5, 0.6) is 5.75 Å². The largest absolute Gasteiger partial charge is 0.486 e. The Morgan fingerprint density at radius 3 is 2.59 bits per heavy atom. The third kappa shape index (κ3) is 3.39. The molecule has 29 heavy (non-hydrogen) atoms. The van der Waals surface area contributed by atoms with Gasteiger partial charge in [-0.1, -0.05) is 36.4 Å². The summed E-state index contributed by atoms with van der Waals surface area (Å²) in [4.78, 5) is 12.3. The number of hydrogen-bond acceptors (Lipinski definition) is 6. The lowest BCUT2D eigenvalue weighted by Gasteiger charge is -2.26. The lowest BCUT2D eigenvalue weighted by Crippen LogP contribution is -2.37. The molecular formula is C21H19N3O4S. The Labute approximate surface area is 172 Å². The highest BCUT2D eigenvalue weighted by Crippen LogP contribution is 2.33. The van der Waals surface area contributed by atoms with E-state index >= 15 is 0 Å². The molecule has 2 fully saturated rings. The minimum atomic E-state index is -0.748. The fraction of sp³-hybridized carbons (Fsp3) is 0.286. The molecule has 2 bridgehead atoms. The highest BCUT2D eigenvalue weighted by Gasteiger charge is 2.45. The first-order valence-electron chi connectivity index (χ1n) is 9.44. The Kier molecular flexibility index (Phi) is 4.75. The van der Waals surface area contributed by atoms with Gasteiger partial charge in [0.05, 0.1) is 12.6 Å². The Morgan fingerprint density at radius 2 is 1.83 bits per heavy atom. The molecule has 0 saturated carbocycles. The smallest absolute Gasteiger partial charge is 0.218 e. The number of carbonyl (C=O) groups excluding carboxylic acids is 1. The summed E-state index contributed by atoms with van der Waals surface area (Å²) in [6, 6.07) is 19.0. The van der Waals surface area contributed by atoms with Gasteiger partial charge in [-0.05, 0) is 36.5 Å². The van der Waals surface area contributed by atoms with Gasteiger partial charge in [-0.15, -0.1) is 0 Å². The first kappa shape index (κ1) is 18.2. The van der Waals surface area contributed by atoms with Gasteiger partial charge < -0.3 is 14.2 Å². The lowest BCUT2D eigenvalue weighted by atomic mass is 10.0. The Bertz CT molecular complexity index is 1080. The predicted molar refractivity (Wildman–Crippen MR) is 106 cm³/mol. The quantitative estimate of drug-likeness (QED) is 0.603. The van der Waals surface area contributed by atoms with E-state index in [1.807, 2.05) is 65.2 Å². The number of carbonyl (C=O) groups is 1. The number of benzene rings is 2. The van der Waals surface area contributed by atoms with E-state index in [4.69, 9.17) is 31.5 Å². The first-order valence-corrected chi connectivity index (χ1v) is 9.85. The molecule has 3 atom stereocenters. The molecule has 0 N–H and O–H groups in total. The van der Waals surface area contributed by atoms with Crippen molar-refractivity contribution in [3.8, 4) is 11.4 Å². The van der Waals surface area contributed by atoms with Crippen molar-refractivity contribution < 1.29 is 19.0 Å². The fourth-order valence-electron chi connectivity index (χ4n) is 3.70. The summed E-state index contributed by atoms with van der Waals surface area (Å²) < 4.78 is 21.1. The van der Waals surface area contributed by atoms with Crippen LogP contribution in [0, 0.1) is 4.77 Å². The number of para-hydroxylation sites is 2. The highest BCUT2D eigenvalue weighted by molar-refractivity contribution is 7.71.